The van der Waals surface area contributed by atoms with Crippen LogP contribution in [0.2, 0.25) is 0 Å². The van der Waals surface area contributed by atoms with E-state index >= 15 is 0 Å². The van der Waals surface area contributed by atoms with Gasteiger partial charge >= 0.3 is 0 Å². The highest BCUT2D eigenvalue weighted by molar-refractivity contribution is 5.76. The lowest BCUT2D eigenvalue weighted by atomic mass is 9.96. The van der Waals surface area contributed by atoms with Gasteiger partial charge in [-0.2, -0.15) is 0 Å². The molecule has 17 unspecified atom stereocenters. The molecule has 3 aliphatic rings. The molecule has 3 aliphatic heterocycles. The van der Waals surface area contributed by atoms with Crippen molar-refractivity contribution in [3.05, 3.63) is 134 Å². The number of hydrogen-bond acceptors (Lipinski definition) is 18. The van der Waals surface area contributed by atoms with Crippen LogP contribution in [0.3, 0.4) is 0 Å². The van der Waals surface area contributed by atoms with E-state index in [0.717, 1.165) is 96.3 Å². The molecule has 17 atom stereocenters. The van der Waals surface area contributed by atoms with Crippen LogP contribution in [0, 0.1) is 0 Å². The summed E-state index contributed by atoms with van der Waals surface area (Å²) >= 11 is 0. The van der Waals surface area contributed by atoms with E-state index < -0.39 is 124 Å². The van der Waals surface area contributed by atoms with Crippen LogP contribution in [-0.2, 0) is 33.2 Å². The van der Waals surface area contributed by atoms with Crippen LogP contribution in [0.25, 0.3) is 0 Å². The number of hydrogen-bond donors (Lipinski definition) is 12. The Labute approximate surface area is 645 Å². The summed E-state index contributed by atoms with van der Waals surface area (Å²) in [6.45, 7) is 1.59. The summed E-state index contributed by atoms with van der Waals surface area (Å²) in [6.07, 6.45) is 68.7. The number of aliphatic hydroxyl groups is 11. The van der Waals surface area contributed by atoms with Gasteiger partial charge in [0, 0.05) is 6.42 Å². The molecule has 19 heteroatoms. The summed E-state index contributed by atoms with van der Waals surface area (Å²) in [5, 5.41) is 121. The Morgan fingerprint density at radius 2 is 0.654 bits per heavy atom. The molecule has 0 aromatic rings. The van der Waals surface area contributed by atoms with Crippen molar-refractivity contribution in [2.45, 2.75) is 388 Å². The first kappa shape index (κ1) is 97.1. The van der Waals surface area contributed by atoms with Gasteiger partial charge in [-0.25, -0.2) is 0 Å². The summed E-state index contributed by atoms with van der Waals surface area (Å²) in [7, 11) is 0. The number of carbonyl (C=O) groups excluding carboxylic acids is 1. The van der Waals surface area contributed by atoms with Gasteiger partial charge in [-0.05, 0) is 103 Å². The number of rotatable bonds is 65. The van der Waals surface area contributed by atoms with Crippen LogP contribution in [0.5, 0.6) is 0 Å². The SMILES string of the molecule is CC/C=C\C/C=C\C/C=C\C/C=C\C/C=C\C/C=C\C/C=C\C/C=C\C/C=C\CCCCCC(=O)NC(COC1OC(CO)C(OC2OC(CO)C(OC3OC(CO)C(O)C(O)C3O)C(O)C2O)C(O)C1O)C(O)/C=C/CC/C=C/CCCCCCCCCCCCCCCCCCCCCCCCCCC. The molecule has 0 saturated carbocycles. The van der Waals surface area contributed by atoms with E-state index in [1.54, 1.807) is 6.08 Å². The molecule has 0 radical (unpaired) electrons. The van der Waals surface area contributed by atoms with Crippen LogP contribution in [0.15, 0.2) is 134 Å². The van der Waals surface area contributed by atoms with Crippen molar-refractivity contribution in [3.63, 3.8) is 0 Å². The third-order valence-electron chi connectivity index (χ3n) is 19.9. The average Bonchev–Trinajstić information content (AvgIpc) is 0.780. The van der Waals surface area contributed by atoms with Gasteiger partial charge in [0.25, 0.3) is 0 Å². The average molecular weight is 1510 g/mol. The number of amides is 1. The molecule has 614 valence electrons. The number of allylic oxidation sites excluding steroid dienone is 21. The molecule has 0 aromatic heterocycles. The van der Waals surface area contributed by atoms with Crippen molar-refractivity contribution in [1.29, 1.82) is 0 Å². The standard InChI is InChI=1S/C88H149NO18/c1-3-5-7-9-11-13-15-17-19-21-23-25-27-29-31-33-35-37-39-41-43-45-47-49-51-53-55-57-59-61-63-65-72(93)71(89-76(94)66-64-62-60-58-56-54-52-50-48-46-44-42-40-38-36-34-32-30-28-26-24-22-20-18-16-14-12-10-8-6-4-2)70-102-86-82(100)79(97)84(74(68-91)104-86)107-88-83(101)80(98)85(75(69-92)105-88)106-87-81(99)78(96)77(95)73(67-90)103-87/h6,8,12,14,18,20,24,26,30,32,36,38,42,44,48,50,54-57,63,65,71-75,77-88,90-93,95-101H,3-5,7,9-11,13,15-17,19,21-23,25,27-29,31,33-35,37,39-41,43,45-47,49,51-53,58-62,64,66-70H2,1-2H3,(H,89,94)/b8-6-,14-12-,20-18-,26-24-,32-30-,38-36-,44-42-,50-48-,56-54-,57-55+,65-63+. The third kappa shape index (κ3) is 45.9. The molecule has 3 saturated heterocycles. The fraction of sp³-hybridized carbons (Fsp3) is 0.739. The van der Waals surface area contributed by atoms with Crippen LogP contribution in [-0.4, -0.2) is 193 Å². The third-order valence-corrected chi connectivity index (χ3v) is 19.9. The summed E-state index contributed by atoms with van der Waals surface area (Å²) in [5.41, 5.74) is 0. The van der Waals surface area contributed by atoms with Crippen LogP contribution < -0.4 is 5.32 Å². The Morgan fingerprint density at radius 1 is 0.346 bits per heavy atom. The maximum Gasteiger partial charge on any atom is 0.220 e. The fourth-order valence-corrected chi connectivity index (χ4v) is 13.3. The first-order valence-electron chi connectivity index (χ1n) is 41.9. The second kappa shape index (κ2) is 66.5. The van der Waals surface area contributed by atoms with Crippen LogP contribution >= 0.6 is 0 Å². The summed E-state index contributed by atoms with van der Waals surface area (Å²) in [4.78, 5) is 13.5. The minimum absolute atomic E-state index is 0.186. The molecule has 1 amide bonds. The Morgan fingerprint density at radius 3 is 1.05 bits per heavy atom. The predicted octanol–water partition coefficient (Wildman–Crippen LogP) is 14.8. The normalized spacial score (nSPS) is 26.2. The second-order valence-corrected chi connectivity index (χ2v) is 29.2. The van der Waals surface area contributed by atoms with Gasteiger partial charge in [0.1, 0.15) is 73.2 Å². The fourth-order valence-electron chi connectivity index (χ4n) is 13.3. The monoisotopic (exact) mass is 1510 g/mol. The zero-order valence-corrected chi connectivity index (χ0v) is 65.8. The minimum Gasteiger partial charge on any atom is -0.394 e. The van der Waals surface area contributed by atoms with Crippen molar-refractivity contribution in [2.75, 3.05) is 26.4 Å². The lowest BCUT2D eigenvalue weighted by molar-refractivity contribution is -0.379. The summed E-state index contributed by atoms with van der Waals surface area (Å²) in [6, 6.07) is -1.02. The second-order valence-electron chi connectivity index (χ2n) is 29.2. The molecule has 0 aromatic carbocycles. The number of nitrogens with one attached hydrogen (secondary N) is 1. The van der Waals surface area contributed by atoms with Gasteiger partial charge in [0.15, 0.2) is 18.9 Å². The lowest BCUT2D eigenvalue weighted by Gasteiger charge is -2.48. The van der Waals surface area contributed by atoms with Crippen LogP contribution in [0.4, 0.5) is 0 Å². The smallest absolute Gasteiger partial charge is 0.220 e. The molecule has 0 bridgehead atoms. The Hall–Kier alpha value is -4.07. The lowest BCUT2D eigenvalue weighted by Crippen LogP contribution is -2.66. The highest BCUT2D eigenvalue weighted by Gasteiger charge is 2.54. The van der Waals surface area contributed by atoms with E-state index in [-0.39, 0.29) is 18.9 Å². The zero-order chi connectivity index (χ0) is 77.4. The largest absolute Gasteiger partial charge is 0.394 e. The first-order chi connectivity index (χ1) is 52.3. The van der Waals surface area contributed by atoms with Crippen LogP contribution in [0.1, 0.15) is 284 Å². The van der Waals surface area contributed by atoms with Gasteiger partial charge in [-0.3, -0.25) is 4.79 Å². The molecule has 3 heterocycles. The summed E-state index contributed by atoms with van der Waals surface area (Å²) < 4.78 is 34.4. The minimum atomic E-state index is -1.99. The van der Waals surface area contributed by atoms with Crippen molar-refractivity contribution >= 4 is 5.91 Å². The van der Waals surface area contributed by atoms with Crippen molar-refractivity contribution in [3.8, 4) is 0 Å². The van der Waals surface area contributed by atoms with Crippen molar-refractivity contribution in [1.82, 2.24) is 5.32 Å². The van der Waals surface area contributed by atoms with E-state index in [2.05, 4.69) is 141 Å². The van der Waals surface area contributed by atoms with E-state index in [1.807, 2.05) is 6.08 Å². The molecule has 107 heavy (non-hydrogen) atoms. The molecule has 19 nitrogen and oxygen atoms in total. The zero-order valence-electron chi connectivity index (χ0n) is 65.8. The highest BCUT2D eigenvalue weighted by Crippen LogP contribution is 2.33. The molecule has 3 rings (SSSR count). The topological polar surface area (TPSA) is 307 Å². The molecule has 12 N–H and O–H groups in total. The summed E-state index contributed by atoms with van der Waals surface area (Å²) in [5.74, 6) is -0.320. The molecule has 0 aliphatic carbocycles. The number of aliphatic hydroxyl groups excluding tert-OH is 11. The Bertz CT molecular complexity index is 2450. The quantitative estimate of drug-likeness (QED) is 0.0199. The Balaban J connectivity index is 1.40. The number of ether oxygens (including phenoxy) is 6. The number of unbranched alkanes of at least 4 members (excludes halogenated alkanes) is 29. The van der Waals surface area contributed by atoms with E-state index in [4.69, 9.17) is 28.4 Å². The van der Waals surface area contributed by atoms with E-state index in [9.17, 15) is 61.0 Å². The maximum absolute atomic E-state index is 13.5. The van der Waals surface area contributed by atoms with Crippen molar-refractivity contribution < 1.29 is 89.4 Å². The van der Waals surface area contributed by atoms with Gasteiger partial charge in [0.05, 0.1) is 38.6 Å². The molecule has 0 spiro atoms. The van der Waals surface area contributed by atoms with Gasteiger partial charge in [0.2, 0.25) is 5.91 Å². The van der Waals surface area contributed by atoms with Gasteiger partial charge < -0.3 is 89.9 Å². The number of carbonyl (C=O) groups is 1. The van der Waals surface area contributed by atoms with Crippen molar-refractivity contribution in [2.24, 2.45) is 0 Å². The highest BCUT2D eigenvalue weighted by atomic mass is 16.8. The maximum atomic E-state index is 13.5. The molecule has 3 fully saturated rings. The first-order valence-corrected chi connectivity index (χ1v) is 41.9. The molecular formula is C88H149NO18. The van der Waals surface area contributed by atoms with E-state index in [1.165, 1.54) is 154 Å². The predicted molar refractivity (Wildman–Crippen MR) is 429 cm³/mol. The Kier molecular flexibility index (Phi) is 60.4. The van der Waals surface area contributed by atoms with Gasteiger partial charge in [-0.1, -0.05) is 308 Å². The van der Waals surface area contributed by atoms with Gasteiger partial charge in [-0.15, -0.1) is 0 Å². The molecular weight excluding hydrogens is 1360 g/mol. The van der Waals surface area contributed by atoms with E-state index in [0.29, 0.717) is 12.8 Å².